The molecule has 0 aliphatic carbocycles. The van der Waals surface area contributed by atoms with Crippen molar-refractivity contribution in [2.24, 2.45) is 0 Å². The van der Waals surface area contributed by atoms with Gasteiger partial charge < -0.3 is 4.42 Å². The second kappa shape index (κ2) is 6.26. The molecule has 1 unspecified atom stereocenters. The molecule has 2 nitrogen and oxygen atoms in total. The summed E-state index contributed by atoms with van der Waals surface area (Å²) in [6.45, 7) is 6.76. The van der Waals surface area contributed by atoms with Crippen LogP contribution in [-0.4, -0.2) is 6.54 Å². The molecule has 1 N–H and O–H groups in total. The van der Waals surface area contributed by atoms with Gasteiger partial charge in [-0.25, -0.2) is 0 Å². The van der Waals surface area contributed by atoms with Gasteiger partial charge in [-0.05, 0) is 39.0 Å². The Bertz CT molecular complexity index is 587. The van der Waals surface area contributed by atoms with Crippen LogP contribution in [-0.2, 0) is 0 Å². The molecule has 98 valence electrons. The summed E-state index contributed by atoms with van der Waals surface area (Å²) in [4.78, 5) is 0. The van der Waals surface area contributed by atoms with Gasteiger partial charge in [0.25, 0.3) is 0 Å². The molecule has 0 spiro atoms. The van der Waals surface area contributed by atoms with E-state index >= 15 is 0 Å². The average Bonchev–Trinajstić information content (AvgIpc) is 2.75. The summed E-state index contributed by atoms with van der Waals surface area (Å²) < 4.78 is 5.54. The third kappa shape index (κ3) is 3.74. The summed E-state index contributed by atoms with van der Waals surface area (Å²) in [6.07, 6.45) is 0. The highest BCUT2D eigenvalue weighted by Crippen LogP contribution is 2.20. The summed E-state index contributed by atoms with van der Waals surface area (Å²) in [6, 6.07) is 12.4. The van der Waals surface area contributed by atoms with E-state index in [2.05, 4.69) is 30.1 Å². The maximum Gasteiger partial charge on any atom is 0.105 e. The van der Waals surface area contributed by atoms with Crippen LogP contribution in [0.1, 0.15) is 35.6 Å². The first-order valence-electron chi connectivity index (χ1n) is 6.51. The number of benzene rings is 1. The van der Waals surface area contributed by atoms with E-state index in [9.17, 15) is 0 Å². The summed E-state index contributed by atoms with van der Waals surface area (Å²) in [5.41, 5.74) is 2.26. The highest BCUT2D eigenvalue weighted by atomic mass is 16.3. The largest absolute Gasteiger partial charge is 0.466 e. The molecule has 1 aromatic carbocycles. The van der Waals surface area contributed by atoms with E-state index in [1.807, 2.05) is 44.2 Å². The summed E-state index contributed by atoms with van der Waals surface area (Å²) >= 11 is 0. The molecule has 0 bridgehead atoms. The molecular formula is C17H19NO. The Morgan fingerprint density at radius 2 is 1.95 bits per heavy atom. The van der Waals surface area contributed by atoms with Crippen LogP contribution >= 0.6 is 0 Å². The Morgan fingerprint density at radius 3 is 2.58 bits per heavy atom. The van der Waals surface area contributed by atoms with E-state index in [0.29, 0.717) is 6.54 Å². The highest BCUT2D eigenvalue weighted by Gasteiger charge is 2.10. The van der Waals surface area contributed by atoms with Gasteiger partial charge in [-0.3, -0.25) is 5.32 Å². The van der Waals surface area contributed by atoms with Gasteiger partial charge >= 0.3 is 0 Å². The van der Waals surface area contributed by atoms with Crippen molar-refractivity contribution in [2.45, 2.75) is 26.8 Å². The molecule has 0 aliphatic heterocycles. The Kier molecular flexibility index (Phi) is 4.43. The third-order valence-electron chi connectivity index (χ3n) is 3.05. The highest BCUT2D eigenvalue weighted by molar-refractivity contribution is 5.34. The minimum absolute atomic E-state index is 0.252. The van der Waals surface area contributed by atoms with Crippen LogP contribution in [0, 0.1) is 25.7 Å². The molecule has 1 heterocycles. The zero-order valence-electron chi connectivity index (χ0n) is 11.7. The zero-order chi connectivity index (χ0) is 13.7. The minimum Gasteiger partial charge on any atom is -0.466 e. The fourth-order valence-electron chi connectivity index (χ4n) is 2.06. The molecular weight excluding hydrogens is 234 g/mol. The van der Waals surface area contributed by atoms with Crippen LogP contribution in [0.15, 0.2) is 40.8 Å². The van der Waals surface area contributed by atoms with E-state index in [1.165, 1.54) is 5.56 Å². The van der Waals surface area contributed by atoms with Crippen molar-refractivity contribution in [1.82, 2.24) is 5.32 Å². The fraction of sp³-hybridized carbons (Fsp3) is 0.294. The van der Waals surface area contributed by atoms with Gasteiger partial charge in [0.15, 0.2) is 0 Å². The third-order valence-corrected chi connectivity index (χ3v) is 3.05. The maximum absolute atomic E-state index is 5.54. The number of aryl methyl sites for hydroxylation is 2. The normalized spacial score (nSPS) is 11.7. The van der Waals surface area contributed by atoms with Gasteiger partial charge in [-0.1, -0.05) is 30.0 Å². The van der Waals surface area contributed by atoms with Crippen molar-refractivity contribution >= 4 is 0 Å². The monoisotopic (exact) mass is 253 g/mol. The number of furan rings is 1. The number of hydrogen-bond acceptors (Lipinski definition) is 2. The van der Waals surface area contributed by atoms with E-state index in [0.717, 1.165) is 17.1 Å². The molecule has 2 aromatic rings. The van der Waals surface area contributed by atoms with Crippen molar-refractivity contribution < 1.29 is 4.42 Å². The second-order valence-corrected chi connectivity index (χ2v) is 4.64. The lowest BCUT2D eigenvalue weighted by Crippen LogP contribution is -2.18. The number of rotatable bonds is 3. The van der Waals surface area contributed by atoms with Crippen molar-refractivity contribution in [3.8, 4) is 11.8 Å². The van der Waals surface area contributed by atoms with Crippen LogP contribution in [0.5, 0.6) is 0 Å². The van der Waals surface area contributed by atoms with E-state index < -0.39 is 0 Å². The summed E-state index contributed by atoms with van der Waals surface area (Å²) in [7, 11) is 0. The maximum atomic E-state index is 5.54. The molecule has 0 fully saturated rings. The molecule has 2 heteroatoms. The smallest absolute Gasteiger partial charge is 0.105 e. The second-order valence-electron chi connectivity index (χ2n) is 4.64. The Hall–Kier alpha value is -1.98. The van der Waals surface area contributed by atoms with Crippen LogP contribution in [0.2, 0.25) is 0 Å². The topological polar surface area (TPSA) is 25.2 Å². The van der Waals surface area contributed by atoms with Crippen molar-refractivity contribution in [2.75, 3.05) is 6.54 Å². The lowest BCUT2D eigenvalue weighted by molar-refractivity contribution is 0.493. The van der Waals surface area contributed by atoms with E-state index in [-0.39, 0.29) is 6.04 Å². The van der Waals surface area contributed by atoms with Gasteiger partial charge in [-0.15, -0.1) is 0 Å². The van der Waals surface area contributed by atoms with E-state index in [1.54, 1.807) is 0 Å². The van der Waals surface area contributed by atoms with Crippen LogP contribution in [0.3, 0.4) is 0 Å². The molecule has 2 rings (SSSR count). The van der Waals surface area contributed by atoms with Crippen molar-refractivity contribution in [3.63, 3.8) is 0 Å². The molecule has 19 heavy (non-hydrogen) atoms. The Balaban J connectivity index is 1.90. The molecule has 1 aromatic heterocycles. The van der Waals surface area contributed by atoms with Gasteiger partial charge in [-0.2, -0.15) is 0 Å². The molecule has 0 saturated carbocycles. The lowest BCUT2D eigenvalue weighted by atomic mass is 10.1. The lowest BCUT2D eigenvalue weighted by Gasteiger charge is -2.10. The first-order chi connectivity index (χ1) is 9.16. The number of nitrogens with one attached hydrogen (secondary N) is 1. The molecule has 0 aliphatic rings. The first kappa shape index (κ1) is 13.5. The van der Waals surface area contributed by atoms with Gasteiger partial charge in [0.2, 0.25) is 0 Å². The molecule has 1 atom stereocenters. The zero-order valence-corrected chi connectivity index (χ0v) is 11.7. The fourth-order valence-corrected chi connectivity index (χ4v) is 2.06. The Labute approximate surface area is 114 Å². The quantitative estimate of drug-likeness (QED) is 0.845. The van der Waals surface area contributed by atoms with Gasteiger partial charge in [0.05, 0.1) is 6.54 Å². The first-order valence-corrected chi connectivity index (χ1v) is 6.51. The Morgan fingerprint density at radius 1 is 1.21 bits per heavy atom. The van der Waals surface area contributed by atoms with Crippen LogP contribution in [0.4, 0.5) is 0 Å². The van der Waals surface area contributed by atoms with Crippen LogP contribution in [0.25, 0.3) is 0 Å². The predicted octanol–water partition coefficient (Wildman–Crippen LogP) is 3.60. The van der Waals surface area contributed by atoms with Crippen molar-refractivity contribution in [1.29, 1.82) is 0 Å². The average molecular weight is 253 g/mol. The summed E-state index contributed by atoms with van der Waals surface area (Å²) in [5, 5.41) is 3.39. The molecule has 0 amide bonds. The standard InChI is InChI=1S/C17H19NO/c1-13-12-17(15(3)19-13)14(2)18-11-7-10-16-8-5-4-6-9-16/h4-6,8-9,12,14,18H,11H2,1-3H3. The van der Waals surface area contributed by atoms with E-state index in [4.69, 9.17) is 4.42 Å². The minimum atomic E-state index is 0.252. The van der Waals surface area contributed by atoms with Gasteiger partial charge in [0, 0.05) is 17.2 Å². The SMILES string of the molecule is Cc1cc(C(C)NCC#Cc2ccccc2)c(C)o1. The molecule has 0 radical (unpaired) electrons. The molecule has 0 saturated heterocycles. The number of hydrogen-bond donors (Lipinski definition) is 1. The van der Waals surface area contributed by atoms with Gasteiger partial charge in [0.1, 0.15) is 11.5 Å². The predicted molar refractivity (Wildman–Crippen MR) is 77.9 cm³/mol. The summed E-state index contributed by atoms with van der Waals surface area (Å²) in [5.74, 6) is 8.21. The van der Waals surface area contributed by atoms with Crippen LogP contribution < -0.4 is 5.32 Å². The van der Waals surface area contributed by atoms with Crippen molar-refractivity contribution in [3.05, 3.63) is 59.0 Å².